The van der Waals surface area contributed by atoms with Crippen LogP contribution < -0.4 is 10.1 Å². The maximum absolute atomic E-state index is 11.9. The van der Waals surface area contributed by atoms with Crippen LogP contribution in [0.15, 0.2) is 48.5 Å². The van der Waals surface area contributed by atoms with Gasteiger partial charge in [-0.05, 0) is 24.6 Å². The van der Waals surface area contributed by atoms with Crippen LogP contribution in [0.3, 0.4) is 0 Å². The third-order valence-corrected chi connectivity index (χ3v) is 3.77. The smallest absolute Gasteiger partial charge is 0.220 e. The third kappa shape index (κ3) is 5.87. The molecule has 0 atom stereocenters. The van der Waals surface area contributed by atoms with E-state index >= 15 is 0 Å². The maximum atomic E-state index is 11.9. The van der Waals surface area contributed by atoms with Gasteiger partial charge < -0.3 is 10.1 Å². The first-order valence-electron chi connectivity index (χ1n) is 7.49. The van der Waals surface area contributed by atoms with Crippen LogP contribution in [0.5, 0.6) is 5.75 Å². The van der Waals surface area contributed by atoms with Gasteiger partial charge in [0.25, 0.3) is 0 Å². The molecule has 0 saturated heterocycles. The van der Waals surface area contributed by atoms with Crippen LogP contribution in [0.4, 0.5) is 0 Å². The summed E-state index contributed by atoms with van der Waals surface area (Å²) in [7, 11) is 0. The Morgan fingerprint density at radius 1 is 1.04 bits per heavy atom. The van der Waals surface area contributed by atoms with Gasteiger partial charge in [-0.25, -0.2) is 0 Å². The van der Waals surface area contributed by atoms with Crippen LogP contribution in [0, 0.1) is 0 Å². The summed E-state index contributed by atoms with van der Waals surface area (Å²) >= 11 is 11.8. The quantitative estimate of drug-likeness (QED) is 0.564. The van der Waals surface area contributed by atoms with Crippen molar-refractivity contribution in [2.45, 2.75) is 12.8 Å². The van der Waals surface area contributed by atoms with Gasteiger partial charge in [-0.3, -0.25) is 9.59 Å². The summed E-state index contributed by atoms with van der Waals surface area (Å²) in [5.41, 5.74) is 0.582. The van der Waals surface area contributed by atoms with Crippen molar-refractivity contribution in [3.63, 3.8) is 0 Å². The van der Waals surface area contributed by atoms with Gasteiger partial charge in [0.1, 0.15) is 5.75 Å². The zero-order valence-electron chi connectivity index (χ0n) is 12.9. The number of ether oxygens (including phenoxy) is 1. The van der Waals surface area contributed by atoms with E-state index in [1.165, 1.54) is 0 Å². The number of ketones is 1. The lowest BCUT2D eigenvalue weighted by molar-refractivity contribution is -0.121. The molecule has 0 unspecified atom stereocenters. The molecule has 2 aromatic rings. The number of Topliss-reactive ketones (excluding diaryl/α,β-unsaturated/α-hetero) is 1. The SMILES string of the molecule is O=C(CCCOc1ccc(Cl)cc1Cl)NCC(=O)c1ccccc1. The van der Waals surface area contributed by atoms with Crippen molar-refractivity contribution in [2.24, 2.45) is 0 Å². The maximum Gasteiger partial charge on any atom is 0.220 e. The van der Waals surface area contributed by atoms with Crippen molar-refractivity contribution in [3.05, 3.63) is 64.1 Å². The van der Waals surface area contributed by atoms with E-state index in [1.807, 2.05) is 6.07 Å². The third-order valence-electron chi connectivity index (χ3n) is 3.24. The van der Waals surface area contributed by atoms with Gasteiger partial charge in [0.2, 0.25) is 5.91 Å². The van der Waals surface area contributed by atoms with Crippen LogP contribution >= 0.6 is 23.2 Å². The van der Waals surface area contributed by atoms with Crippen molar-refractivity contribution in [3.8, 4) is 5.75 Å². The van der Waals surface area contributed by atoms with Crippen LogP contribution in [-0.4, -0.2) is 24.8 Å². The lowest BCUT2D eigenvalue weighted by Gasteiger charge is -2.08. The Bertz CT molecular complexity index is 705. The highest BCUT2D eigenvalue weighted by Crippen LogP contribution is 2.27. The first-order valence-corrected chi connectivity index (χ1v) is 8.24. The average molecular weight is 366 g/mol. The lowest BCUT2D eigenvalue weighted by atomic mass is 10.1. The molecule has 6 heteroatoms. The van der Waals surface area contributed by atoms with E-state index < -0.39 is 0 Å². The minimum absolute atomic E-state index is 0.00723. The summed E-state index contributed by atoms with van der Waals surface area (Å²) in [4.78, 5) is 23.6. The minimum atomic E-state index is -0.190. The van der Waals surface area contributed by atoms with Gasteiger partial charge in [0, 0.05) is 17.0 Å². The first kappa shape index (κ1) is 18.3. The van der Waals surface area contributed by atoms with Gasteiger partial charge in [-0.1, -0.05) is 53.5 Å². The number of amides is 1. The monoisotopic (exact) mass is 365 g/mol. The van der Waals surface area contributed by atoms with Crippen molar-refractivity contribution < 1.29 is 14.3 Å². The standard InChI is InChI=1S/C18H17Cl2NO3/c19-14-8-9-17(15(20)11-14)24-10-4-7-18(23)21-12-16(22)13-5-2-1-3-6-13/h1-3,5-6,8-9,11H,4,7,10,12H2,(H,21,23). The molecule has 2 aromatic carbocycles. The van der Waals surface area contributed by atoms with E-state index in [9.17, 15) is 9.59 Å². The Hall–Kier alpha value is -2.04. The molecule has 0 aromatic heterocycles. The molecule has 0 bridgehead atoms. The first-order chi connectivity index (χ1) is 11.6. The number of carbonyl (C=O) groups excluding carboxylic acids is 2. The number of benzene rings is 2. The predicted octanol–water partition coefficient (Wildman–Crippen LogP) is 4.15. The summed E-state index contributed by atoms with van der Waals surface area (Å²) in [6, 6.07) is 13.8. The highest BCUT2D eigenvalue weighted by molar-refractivity contribution is 6.35. The van der Waals surface area contributed by atoms with Gasteiger partial charge >= 0.3 is 0 Å². The predicted molar refractivity (Wildman–Crippen MR) is 95.0 cm³/mol. The van der Waals surface area contributed by atoms with E-state index in [-0.39, 0.29) is 24.7 Å². The molecule has 0 radical (unpaired) electrons. The lowest BCUT2D eigenvalue weighted by Crippen LogP contribution is -2.29. The van der Waals surface area contributed by atoms with Gasteiger partial charge in [0.05, 0.1) is 18.2 Å². The second-order valence-electron chi connectivity index (χ2n) is 5.09. The fourth-order valence-corrected chi connectivity index (χ4v) is 2.46. The Morgan fingerprint density at radius 3 is 2.50 bits per heavy atom. The fourth-order valence-electron chi connectivity index (χ4n) is 2.00. The summed E-state index contributed by atoms with van der Waals surface area (Å²) in [6.45, 7) is 0.341. The second-order valence-corrected chi connectivity index (χ2v) is 5.94. The molecule has 24 heavy (non-hydrogen) atoms. The molecule has 0 aliphatic rings. The molecule has 0 fully saturated rings. The molecule has 0 spiro atoms. The fraction of sp³-hybridized carbons (Fsp3) is 0.222. The second kappa shape index (κ2) is 9.30. The number of carbonyl (C=O) groups is 2. The highest BCUT2D eigenvalue weighted by atomic mass is 35.5. The van der Waals surface area contributed by atoms with E-state index in [0.29, 0.717) is 34.4 Å². The molecule has 0 aliphatic heterocycles. The van der Waals surface area contributed by atoms with Gasteiger partial charge in [0.15, 0.2) is 5.78 Å². The van der Waals surface area contributed by atoms with Crippen molar-refractivity contribution in [2.75, 3.05) is 13.2 Å². The Labute approximate surface area is 150 Å². The average Bonchev–Trinajstić information content (AvgIpc) is 2.59. The Morgan fingerprint density at radius 2 is 1.79 bits per heavy atom. The van der Waals surface area contributed by atoms with Crippen LogP contribution in [-0.2, 0) is 4.79 Å². The number of hydrogen-bond acceptors (Lipinski definition) is 3. The number of halogens is 2. The summed E-state index contributed by atoms with van der Waals surface area (Å²) in [5, 5.41) is 3.58. The molecular weight excluding hydrogens is 349 g/mol. The number of hydrogen-bond donors (Lipinski definition) is 1. The summed E-state index contributed by atoms with van der Waals surface area (Å²) in [5.74, 6) is 0.221. The molecule has 1 amide bonds. The zero-order valence-corrected chi connectivity index (χ0v) is 14.4. The molecule has 0 aliphatic carbocycles. The Kier molecular flexibility index (Phi) is 7.09. The normalized spacial score (nSPS) is 10.2. The van der Waals surface area contributed by atoms with Crippen LogP contribution in [0.1, 0.15) is 23.2 Å². The molecule has 4 nitrogen and oxygen atoms in total. The van der Waals surface area contributed by atoms with Crippen LogP contribution in [0.2, 0.25) is 10.0 Å². The molecule has 126 valence electrons. The van der Waals surface area contributed by atoms with Crippen molar-refractivity contribution in [1.29, 1.82) is 0 Å². The molecule has 0 saturated carbocycles. The molecule has 0 heterocycles. The molecule has 1 N–H and O–H groups in total. The van der Waals surface area contributed by atoms with Crippen molar-refractivity contribution in [1.82, 2.24) is 5.32 Å². The Balaban J connectivity index is 1.65. The van der Waals surface area contributed by atoms with E-state index in [0.717, 1.165) is 0 Å². The van der Waals surface area contributed by atoms with Gasteiger partial charge in [-0.2, -0.15) is 0 Å². The van der Waals surface area contributed by atoms with Crippen molar-refractivity contribution >= 4 is 34.9 Å². The number of nitrogens with one attached hydrogen (secondary N) is 1. The number of rotatable bonds is 8. The van der Waals surface area contributed by atoms with Gasteiger partial charge in [-0.15, -0.1) is 0 Å². The molecular formula is C18H17Cl2NO3. The highest BCUT2D eigenvalue weighted by Gasteiger charge is 2.08. The summed E-state index contributed by atoms with van der Waals surface area (Å²) < 4.78 is 5.50. The topological polar surface area (TPSA) is 55.4 Å². The summed E-state index contributed by atoms with van der Waals surface area (Å²) in [6.07, 6.45) is 0.789. The minimum Gasteiger partial charge on any atom is -0.492 e. The molecule has 2 rings (SSSR count). The largest absolute Gasteiger partial charge is 0.492 e. The van der Waals surface area contributed by atoms with Crippen LogP contribution in [0.25, 0.3) is 0 Å². The van der Waals surface area contributed by atoms with E-state index in [1.54, 1.807) is 42.5 Å². The van der Waals surface area contributed by atoms with E-state index in [4.69, 9.17) is 27.9 Å². The van der Waals surface area contributed by atoms with E-state index in [2.05, 4.69) is 5.32 Å². The zero-order chi connectivity index (χ0) is 17.4.